The van der Waals surface area contributed by atoms with Crippen molar-refractivity contribution in [3.63, 3.8) is 0 Å². The molecule has 2 aromatic rings. The number of nitrogens with zero attached hydrogens (tertiary/aromatic N) is 1. The number of halogens is 1. The Labute approximate surface area is 148 Å². The lowest BCUT2D eigenvalue weighted by Gasteiger charge is -2.11. The lowest BCUT2D eigenvalue weighted by molar-refractivity contribution is -0.123. The van der Waals surface area contributed by atoms with Crippen molar-refractivity contribution in [2.75, 3.05) is 6.61 Å². The Balaban J connectivity index is 1.79. The Morgan fingerprint density at radius 1 is 1.39 bits per heavy atom. The first-order chi connectivity index (χ1) is 11.1. The molecular weight excluding hydrogens is 407 g/mol. The SMILES string of the molecule is Cc1cc(I)cc(C)c1OCC(=O)N/N=C/C=C/c1ccco1. The van der Waals surface area contributed by atoms with E-state index >= 15 is 0 Å². The normalized spacial score (nSPS) is 11.3. The van der Waals surface area contributed by atoms with Gasteiger partial charge in [0, 0.05) is 9.78 Å². The van der Waals surface area contributed by atoms with Crippen LogP contribution in [0.25, 0.3) is 6.08 Å². The first kappa shape index (κ1) is 17.3. The van der Waals surface area contributed by atoms with Gasteiger partial charge in [0.25, 0.3) is 5.91 Å². The molecular formula is C17H17IN2O3. The number of amides is 1. The second-order valence-electron chi connectivity index (χ2n) is 4.85. The number of nitrogens with one attached hydrogen (secondary N) is 1. The Hall–Kier alpha value is -2.09. The van der Waals surface area contributed by atoms with Crippen molar-refractivity contribution in [3.05, 3.63) is 57.1 Å². The Kier molecular flexibility index (Phi) is 6.40. The van der Waals surface area contributed by atoms with Crippen LogP contribution in [0.1, 0.15) is 16.9 Å². The average molecular weight is 424 g/mol. The van der Waals surface area contributed by atoms with E-state index in [4.69, 9.17) is 9.15 Å². The number of rotatable bonds is 6. The summed E-state index contributed by atoms with van der Waals surface area (Å²) >= 11 is 2.25. The van der Waals surface area contributed by atoms with E-state index in [1.165, 1.54) is 6.21 Å². The maximum Gasteiger partial charge on any atom is 0.277 e. The van der Waals surface area contributed by atoms with Crippen LogP contribution in [0, 0.1) is 17.4 Å². The number of hydrazone groups is 1. The van der Waals surface area contributed by atoms with Crippen LogP contribution in [-0.4, -0.2) is 18.7 Å². The maximum absolute atomic E-state index is 11.7. The highest BCUT2D eigenvalue weighted by atomic mass is 127. The van der Waals surface area contributed by atoms with Crippen LogP contribution in [0.5, 0.6) is 5.75 Å². The monoisotopic (exact) mass is 424 g/mol. The Bertz CT molecular complexity index is 698. The molecule has 0 radical (unpaired) electrons. The molecule has 0 fully saturated rings. The van der Waals surface area contributed by atoms with Gasteiger partial charge in [-0.2, -0.15) is 5.10 Å². The fraction of sp³-hybridized carbons (Fsp3) is 0.176. The summed E-state index contributed by atoms with van der Waals surface area (Å²) in [6, 6.07) is 7.64. The van der Waals surface area contributed by atoms with E-state index in [9.17, 15) is 4.79 Å². The molecule has 0 bridgehead atoms. The zero-order valence-corrected chi connectivity index (χ0v) is 15.0. The summed E-state index contributed by atoms with van der Waals surface area (Å²) in [5.41, 5.74) is 4.42. The minimum absolute atomic E-state index is 0.0818. The molecule has 0 saturated carbocycles. The summed E-state index contributed by atoms with van der Waals surface area (Å²) in [6.45, 7) is 3.83. The number of carbonyl (C=O) groups is 1. The minimum atomic E-state index is -0.315. The molecule has 1 aromatic heterocycles. The van der Waals surface area contributed by atoms with Crippen molar-refractivity contribution in [3.8, 4) is 5.75 Å². The van der Waals surface area contributed by atoms with Crippen LogP contribution in [0.15, 0.2) is 46.1 Å². The summed E-state index contributed by atoms with van der Waals surface area (Å²) in [7, 11) is 0. The highest BCUT2D eigenvalue weighted by Crippen LogP contribution is 2.25. The van der Waals surface area contributed by atoms with Crippen molar-refractivity contribution in [1.82, 2.24) is 5.43 Å². The molecule has 0 aliphatic heterocycles. The van der Waals surface area contributed by atoms with Crippen LogP contribution in [0.4, 0.5) is 0 Å². The van der Waals surface area contributed by atoms with Crippen molar-refractivity contribution in [2.24, 2.45) is 5.10 Å². The summed E-state index contributed by atoms with van der Waals surface area (Å²) in [5, 5.41) is 3.81. The van der Waals surface area contributed by atoms with Crippen molar-refractivity contribution in [1.29, 1.82) is 0 Å². The molecule has 0 atom stereocenters. The van der Waals surface area contributed by atoms with Gasteiger partial charge in [0.1, 0.15) is 11.5 Å². The quantitative estimate of drug-likeness (QED) is 0.437. The zero-order chi connectivity index (χ0) is 16.7. The van der Waals surface area contributed by atoms with Crippen LogP contribution < -0.4 is 10.2 Å². The van der Waals surface area contributed by atoms with Gasteiger partial charge in [0.2, 0.25) is 0 Å². The van der Waals surface area contributed by atoms with Crippen LogP contribution in [0.3, 0.4) is 0 Å². The molecule has 0 aliphatic rings. The third-order valence-electron chi connectivity index (χ3n) is 2.93. The first-order valence-electron chi connectivity index (χ1n) is 6.98. The van der Waals surface area contributed by atoms with E-state index in [-0.39, 0.29) is 12.5 Å². The zero-order valence-electron chi connectivity index (χ0n) is 12.9. The van der Waals surface area contributed by atoms with Gasteiger partial charge >= 0.3 is 0 Å². The van der Waals surface area contributed by atoms with Gasteiger partial charge in [-0.1, -0.05) is 0 Å². The van der Waals surface area contributed by atoms with E-state index in [1.54, 1.807) is 24.5 Å². The molecule has 5 nitrogen and oxygen atoms in total. The number of carbonyl (C=O) groups excluding carboxylic acids is 1. The lowest BCUT2D eigenvalue weighted by Crippen LogP contribution is -2.24. The summed E-state index contributed by atoms with van der Waals surface area (Å²) in [5.74, 6) is 1.14. The van der Waals surface area contributed by atoms with Crippen molar-refractivity contribution < 1.29 is 13.9 Å². The number of hydrogen-bond acceptors (Lipinski definition) is 4. The molecule has 23 heavy (non-hydrogen) atoms. The van der Waals surface area contributed by atoms with Gasteiger partial charge < -0.3 is 9.15 Å². The molecule has 0 saturated heterocycles. The molecule has 2 rings (SSSR count). The number of benzene rings is 1. The topological polar surface area (TPSA) is 63.8 Å². The predicted molar refractivity (Wildman–Crippen MR) is 98.5 cm³/mol. The van der Waals surface area contributed by atoms with Gasteiger partial charge in [-0.25, -0.2) is 5.43 Å². The number of hydrogen-bond donors (Lipinski definition) is 1. The summed E-state index contributed by atoms with van der Waals surface area (Å²) in [6.07, 6.45) is 6.48. The standard InChI is InChI=1S/C17H17IN2O3/c1-12-9-14(18)10-13(2)17(12)23-11-16(21)20-19-7-3-5-15-6-4-8-22-15/h3-10H,11H2,1-2H3,(H,20,21)/b5-3+,19-7+. The van der Waals surface area contributed by atoms with Gasteiger partial charge in [0.05, 0.1) is 6.26 Å². The van der Waals surface area contributed by atoms with E-state index < -0.39 is 0 Å². The predicted octanol–water partition coefficient (Wildman–Crippen LogP) is 3.70. The molecule has 0 spiro atoms. The maximum atomic E-state index is 11.7. The van der Waals surface area contributed by atoms with E-state index in [2.05, 4.69) is 33.1 Å². The van der Waals surface area contributed by atoms with Gasteiger partial charge in [-0.15, -0.1) is 0 Å². The van der Waals surface area contributed by atoms with Gasteiger partial charge in [-0.3, -0.25) is 4.79 Å². The molecule has 0 unspecified atom stereocenters. The van der Waals surface area contributed by atoms with E-state index in [0.717, 1.165) is 26.2 Å². The number of aryl methyl sites for hydroxylation is 2. The Morgan fingerprint density at radius 3 is 2.78 bits per heavy atom. The van der Waals surface area contributed by atoms with Gasteiger partial charge in [0.15, 0.2) is 6.61 Å². The fourth-order valence-corrected chi connectivity index (χ4v) is 2.91. The summed E-state index contributed by atoms with van der Waals surface area (Å²) < 4.78 is 11.8. The second kappa shape index (κ2) is 8.52. The molecule has 1 heterocycles. The van der Waals surface area contributed by atoms with Crippen molar-refractivity contribution in [2.45, 2.75) is 13.8 Å². The van der Waals surface area contributed by atoms with E-state index in [0.29, 0.717) is 0 Å². The van der Waals surface area contributed by atoms with E-state index in [1.807, 2.05) is 32.0 Å². The first-order valence-corrected chi connectivity index (χ1v) is 8.06. The third kappa shape index (κ3) is 5.55. The van der Waals surface area contributed by atoms with Gasteiger partial charge in [-0.05, 0) is 84.0 Å². The van der Waals surface area contributed by atoms with Crippen molar-refractivity contribution >= 4 is 40.8 Å². The molecule has 1 aromatic carbocycles. The molecule has 6 heteroatoms. The van der Waals surface area contributed by atoms with Crippen LogP contribution in [-0.2, 0) is 4.79 Å². The third-order valence-corrected chi connectivity index (χ3v) is 3.55. The lowest BCUT2D eigenvalue weighted by atomic mass is 10.1. The molecule has 1 amide bonds. The highest BCUT2D eigenvalue weighted by molar-refractivity contribution is 14.1. The molecule has 1 N–H and O–H groups in total. The number of furan rings is 1. The number of ether oxygens (including phenoxy) is 1. The second-order valence-corrected chi connectivity index (χ2v) is 6.09. The molecule has 120 valence electrons. The summed E-state index contributed by atoms with van der Waals surface area (Å²) in [4.78, 5) is 11.7. The smallest absolute Gasteiger partial charge is 0.277 e. The number of allylic oxidation sites excluding steroid dienone is 1. The molecule has 0 aliphatic carbocycles. The average Bonchev–Trinajstić information content (AvgIpc) is 2.99. The van der Waals surface area contributed by atoms with Crippen LogP contribution >= 0.6 is 22.6 Å². The fourth-order valence-electron chi connectivity index (χ4n) is 1.97. The Morgan fingerprint density at radius 2 is 2.13 bits per heavy atom. The van der Waals surface area contributed by atoms with Crippen LogP contribution in [0.2, 0.25) is 0 Å². The minimum Gasteiger partial charge on any atom is -0.483 e. The highest BCUT2D eigenvalue weighted by Gasteiger charge is 2.08. The largest absolute Gasteiger partial charge is 0.483 e.